The normalized spacial score (nSPS) is 15.6. The summed E-state index contributed by atoms with van der Waals surface area (Å²) in [5.41, 5.74) is 7.78. The first-order chi connectivity index (χ1) is 11.1. The van der Waals surface area contributed by atoms with Crippen molar-refractivity contribution in [1.82, 2.24) is 14.5 Å². The average molecular weight is 299 g/mol. The molecule has 1 aliphatic heterocycles. The van der Waals surface area contributed by atoms with Crippen LogP contribution in [0.25, 0.3) is 33.5 Å². The van der Waals surface area contributed by atoms with Crippen LogP contribution in [0.4, 0.5) is 0 Å². The Morgan fingerprint density at radius 2 is 1.57 bits per heavy atom. The Balaban J connectivity index is 1.94. The van der Waals surface area contributed by atoms with E-state index in [0.29, 0.717) is 0 Å². The zero-order valence-corrected chi connectivity index (χ0v) is 13.2. The van der Waals surface area contributed by atoms with Crippen LogP contribution < -0.4 is 0 Å². The zero-order chi connectivity index (χ0) is 15.6. The highest BCUT2D eigenvalue weighted by Gasteiger charge is 2.32. The highest BCUT2D eigenvalue weighted by Crippen LogP contribution is 2.41. The van der Waals surface area contributed by atoms with Gasteiger partial charge < -0.3 is 4.57 Å². The van der Waals surface area contributed by atoms with E-state index in [4.69, 9.17) is 9.97 Å². The van der Waals surface area contributed by atoms with Crippen molar-refractivity contribution >= 4 is 22.2 Å². The van der Waals surface area contributed by atoms with Gasteiger partial charge in [0.05, 0.1) is 16.7 Å². The Hall–Kier alpha value is -2.68. The minimum absolute atomic E-state index is 0.0113. The van der Waals surface area contributed by atoms with E-state index in [1.54, 1.807) is 0 Å². The van der Waals surface area contributed by atoms with Crippen molar-refractivity contribution in [3.63, 3.8) is 0 Å². The molecule has 0 radical (unpaired) electrons. The average Bonchev–Trinajstić information content (AvgIpc) is 2.92. The van der Waals surface area contributed by atoms with Gasteiger partial charge in [0.2, 0.25) is 0 Å². The summed E-state index contributed by atoms with van der Waals surface area (Å²) < 4.78 is 2.37. The number of rotatable bonds is 0. The number of hydrogen-bond donors (Lipinski definition) is 0. The molecule has 2 aromatic heterocycles. The Kier molecular flexibility index (Phi) is 2.34. The first-order valence-corrected chi connectivity index (χ1v) is 8.00. The Morgan fingerprint density at radius 1 is 0.870 bits per heavy atom. The summed E-state index contributed by atoms with van der Waals surface area (Å²) >= 11 is 0. The van der Waals surface area contributed by atoms with Crippen molar-refractivity contribution in [2.75, 3.05) is 0 Å². The quantitative estimate of drug-likeness (QED) is 0.477. The van der Waals surface area contributed by atoms with Gasteiger partial charge >= 0.3 is 0 Å². The summed E-state index contributed by atoms with van der Waals surface area (Å²) in [5.74, 6) is 0. The zero-order valence-electron chi connectivity index (χ0n) is 13.2. The lowest BCUT2D eigenvalue weighted by molar-refractivity contribution is 0.359. The molecular weight excluding hydrogens is 282 g/mol. The van der Waals surface area contributed by atoms with Crippen molar-refractivity contribution in [3.05, 3.63) is 60.2 Å². The molecule has 3 heteroatoms. The molecule has 3 nitrogen and oxygen atoms in total. The van der Waals surface area contributed by atoms with Gasteiger partial charge in [-0.1, -0.05) is 36.4 Å². The highest BCUT2D eigenvalue weighted by molar-refractivity contribution is 5.89. The lowest BCUT2D eigenvalue weighted by atomic mass is 9.86. The first-order valence-electron chi connectivity index (χ1n) is 8.00. The maximum absolute atomic E-state index is 4.92. The molecule has 0 fully saturated rings. The molecule has 0 atom stereocenters. The minimum Gasteiger partial charge on any atom is -0.318 e. The molecule has 23 heavy (non-hydrogen) atoms. The molecule has 0 amide bonds. The fourth-order valence-corrected chi connectivity index (χ4v) is 3.85. The van der Waals surface area contributed by atoms with Crippen molar-refractivity contribution < 1.29 is 0 Å². The van der Waals surface area contributed by atoms with Gasteiger partial charge in [-0.15, -0.1) is 0 Å². The summed E-state index contributed by atoms with van der Waals surface area (Å²) in [6.07, 6.45) is 1.01. The van der Waals surface area contributed by atoms with Crippen LogP contribution in [0.1, 0.15) is 19.4 Å². The molecule has 1 aliphatic rings. The molecular formula is C20H17N3. The van der Waals surface area contributed by atoms with Crippen LogP contribution in [-0.2, 0) is 12.0 Å². The van der Waals surface area contributed by atoms with Gasteiger partial charge in [-0.3, -0.25) is 0 Å². The molecule has 3 heterocycles. The summed E-state index contributed by atoms with van der Waals surface area (Å²) in [7, 11) is 0. The van der Waals surface area contributed by atoms with Gasteiger partial charge in [0.1, 0.15) is 5.52 Å². The molecule has 0 N–H and O–H groups in total. The fraction of sp³-hybridized carbons (Fsp3) is 0.200. The second kappa shape index (κ2) is 4.19. The Bertz CT molecular complexity index is 1070. The van der Waals surface area contributed by atoms with Crippen molar-refractivity contribution in [1.29, 1.82) is 0 Å². The Morgan fingerprint density at radius 3 is 2.39 bits per heavy atom. The van der Waals surface area contributed by atoms with Crippen LogP contribution in [-0.4, -0.2) is 14.5 Å². The van der Waals surface area contributed by atoms with Gasteiger partial charge in [0.25, 0.3) is 0 Å². The van der Waals surface area contributed by atoms with Crippen LogP contribution in [0.15, 0.2) is 54.6 Å². The third kappa shape index (κ3) is 1.70. The van der Waals surface area contributed by atoms with E-state index in [-0.39, 0.29) is 5.54 Å². The maximum Gasteiger partial charge on any atom is 0.160 e. The van der Waals surface area contributed by atoms with E-state index in [1.807, 2.05) is 24.3 Å². The predicted octanol–water partition coefficient (Wildman–Crippen LogP) is 4.54. The van der Waals surface area contributed by atoms with Crippen LogP contribution in [0, 0.1) is 0 Å². The van der Waals surface area contributed by atoms with Gasteiger partial charge in [-0.25, -0.2) is 9.97 Å². The number of aromatic nitrogens is 3. The predicted molar refractivity (Wildman–Crippen MR) is 93.5 cm³/mol. The van der Waals surface area contributed by atoms with Gasteiger partial charge in [0, 0.05) is 11.1 Å². The molecule has 0 bridgehead atoms. The standard InChI is InChI=1S/C20H17N3/c1-20(2)12-13-7-3-4-8-14(13)18-11-17-19(23(18)20)22-16-10-6-5-9-15(16)21-17/h3-11H,12H2,1-2H3. The largest absolute Gasteiger partial charge is 0.318 e. The van der Waals surface area contributed by atoms with E-state index >= 15 is 0 Å². The molecule has 0 aliphatic carbocycles. The molecule has 0 saturated carbocycles. The lowest BCUT2D eigenvalue weighted by Crippen LogP contribution is -2.33. The maximum atomic E-state index is 4.92. The monoisotopic (exact) mass is 299 g/mol. The van der Waals surface area contributed by atoms with Crippen LogP contribution >= 0.6 is 0 Å². The number of para-hydroxylation sites is 2. The molecule has 5 rings (SSSR count). The van der Waals surface area contributed by atoms with E-state index < -0.39 is 0 Å². The number of nitrogens with zero attached hydrogens (tertiary/aromatic N) is 3. The summed E-state index contributed by atoms with van der Waals surface area (Å²) in [5, 5.41) is 0. The SMILES string of the molecule is CC1(C)Cc2ccccc2-c2cc3nc4ccccc4nc3n21. The minimum atomic E-state index is -0.0113. The van der Waals surface area contributed by atoms with Crippen molar-refractivity contribution in [2.24, 2.45) is 0 Å². The number of benzene rings is 2. The third-order valence-electron chi connectivity index (χ3n) is 4.83. The molecule has 4 aromatic rings. The molecule has 112 valence electrons. The van der Waals surface area contributed by atoms with Gasteiger partial charge in [-0.2, -0.15) is 0 Å². The van der Waals surface area contributed by atoms with Crippen molar-refractivity contribution in [2.45, 2.75) is 25.8 Å². The highest BCUT2D eigenvalue weighted by atomic mass is 15.1. The van der Waals surface area contributed by atoms with Gasteiger partial charge in [-0.05, 0) is 44.0 Å². The molecule has 0 unspecified atom stereocenters. The summed E-state index contributed by atoms with van der Waals surface area (Å²) in [6, 6.07) is 18.9. The van der Waals surface area contributed by atoms with E-state index in [0.717, 1.165) is 28.6 Å². The topological polar surface area (TPSA) is 30.7 Å². The smallest absolute Gasteiger partial charge is 0.160 e. The van der Waals surface area contributed by atoms with Crippen LogP contribution in [0.2, 0.25) is 0 Å². The Labute approximate surface area is 134 Å². The third-order valence-corrected chi connectivity index (χ3v) is 4.83. The molecule has 2 aromatic carbocycles. The summed E-state index contributed by atoms with van der Waals surface area (Å²) in [4.78, 5) is 9.76. The van der Waals surface area contributed by atoms with E-state index in [2.05, 4.69) is 48.7 Å². The second-order valence-corrected chi connectivity index (χ2v) is 6.93. The lowest BCUT2D eigenvalue weighted by Gasteiger charge is -2.35. The van der Waals surface area contributed by atoms with Crippen LogP contribution in [0.5, 0.6) is 0 Å². The summed E-state index contributed by atoms with van der Waals surface area (Å²) in [6.45, 7) is 4.56. The van der Waals surface area contributed by atoms with E-state index in [9.17, 15) is 0 Å². The molecule has 0 spiro atoms. The number of fused-ring (bicyclic) bond motifs is 6. The van der Waals surface area contributed by atoms with Crippen LogP contribution in [0.3, 0.4) is 0 Å². The second-order valence-electron chi connectivity index (χ2n) is 6.93. The first kappa shape index (κ1) is 12.8. The number of hydrogen-bond acceptors (Lipinski definition) is 2. The van der Waals surface area contributed by atoms with Gasteiger partial charge in [0.15, 0.2) is 5.65 Å². The molecule has 0 saturated heterocycles. The fourth-order valence-electron chi connectivity index (χ4n) is 3.85. The van der Waals surface area contributed by atoms with Crippen molar-refractivity contribution in [3.8, 4) is 11.3 Å². The van der Waals surface area contributed by atoms with E-state index in [1.165, 1.54) is 16.8 Å².